The van der Waals surface area contributed by atoms with Crippen molar-refractivity contribution in [3.63, 3.8) is 0 Å². The molecule has 0 spiro atoms. The molecule has 0 aliphatic heterocycles. The second kappa shape index (κ2) is 4.25. The van der Waals surface area contributed by atoms with Gasteiger partial charge in [0, 0.05) is 23.6 Å². The molecule has 0 bridgehead atoms. The van der Waals surface area contributed by atoms with E-state index in [2.05, 4.69) is 25.1 Å². The fourth-order valence-electron chi connectivity index (χ4n) is 1.62. The predicted octanol–water partition coefficient (Wildman–Crippen LogP) is 1.51. The van der Waals surface area contributed by atoms with Crippen LogP contribution in [-0.4, -0.2) is 25.1 Å². The number of hydrogen-bond acceptors (Lipinski definition) is 5. The number of aromatic amines is 1. The van der Waals surface area contributed by atoms with Gasteiger partial charge in [0.2, 0.25) is 0 Å². The fraction of sp³-hybridized carbons (Fsp3) is 0. The second-order valence-corrected chi connectivity index (χ2v) is 3.69. The monoisotopic (exact) mass is 238 g/mol. The first kappa shape index (κ1) is 10.4. The van der Waals surface area contributed by atoms with Crippen molar-refractivity contribution in [1.29, 1.82) is 0 Å². The molecule has 88 valence electrons. The highest BCUT2D eigenvalue weighted by molar-refractivity contribution is 5.71. The second-order valence-electron chi connectivity index (χ2n) is 3.69. The number of nitrogens with one attached hydrogen (secondary N) is 1. The highest BCUT2D eigenvalue weighted by atomic mass is 15.2. The number of hydrogen-bond donors (Lipinski definition) is 2. The third-order valence-electron chi connectivity index (χ3n) is 2.49. The molecule has 0 aliphatic rings. The average Bonchev–Trinajstić information content (AvgIpc) is 2.90. The summed E-state index contributed by atoms with van der Waals surface area (Å²) in [6.45, 7) is 0. The zero-order chi connectivity index (χ0) is 12.4. The van der Waals surface area contributed by atoms with E-state index in [1.54, 1.807) is 18.6 Å². The van der Waals surface area contributed by atoms with Gasteiger partial charge in [-0.3, -0.25) is 10.1 Å². The van der Waals surface area contributed by atoms with Crippen LogP contribution in [0.3, 0.4) is 0 Å². The molecular weight excluding hydrogens is 228 g/mol. The molecule has 0 radical (unpaired) electrons. The number of benzene rings is 1. The third-order valence-corrected chi connectivity index (χ3v) is 2.49. The van der Waals surface area contributed by atoms with Crippen LogP contribution in [0.25, 0.3) is 22.9 Å². The highest BCUT2D eigenvalue weighted by Crippen LogP contribution is 2.23. The van der Waals surface area contributed by atoms with Crippen molar-refractivity contribution in [2.24, 2.45) is 0 Å². The van der Waals surface area contributed by atoms with Gasteiger partial charge in [-0.2, -0.15) is 5.10 Å². The average molecular weight is 238 g/mol. The fourth-order valence-corrected chi connectivity index (χ4v) is 1.62. The largest absolute Gasteiger partial charge is 0.398 e. The van der Waals surface area contributed by atoms with E-state index >= 15 is 0 Å². The summed E-state index contributed by atoms with van der Waals surface area (Å²) in [5, 5.41) is 6.97. The van der Waals surface area contributed by atoms with Gasteiger partial charge in [0.1, 0.15) is 5.69 Å². The van der Waals surface area contributed by atoms with Crippen LogP contribution < -0.4 is 5.73 Å². The van der Waals surface area contributed by atoms with Crippen LogP contribution in [0.15, 0.2) is 42.9 Å². The van der Waals surface area contributed by atoms with Gasteiger partial charge in [-0.05, 0) is 12.1 Å². The Balaban J connectivity index is 2.03. The van der Waals surface area contributed by atoms with Crippen LogP contribution in [0.1, 0.15) is 0 Å². The molecular formula is C12H10N6. The lowest BCUT2D eigenvalue weighted by Crippen LogP contribution is -1.90. The minimum absolute atomic E-state index is 0.550. The van der Waals surface area contributed by atoms with Gasteiger partial charge in [-0.25, -0.2) is 9.97 Å². The lowest BCUT2D eigenvalue weighted by atomic mass is 10.2. The van der Waals surface area contributed by atoms with E-state index in [-0.39, 0.29) is 0 Å². The minimum atomic E-state index is 0.550. The van der Waals surface area contributed by atoms with Crippen molar-refractivity contribution in [3.8, 4) is 22.9 Å². The Labute approximate surface area is 103 Å². The van der Waals surface area contributed by atoms with Crippen LogP contribution >= 0.6 is 0 Å². The summed E-state index contributed by atoms with van der Waals surface area (Å²) in [6.07, 6.45) is 4.84. The Morgan fingerprint density at radius 1 is 1.11 bits per heavy atom. The first-order chi connectivity index (χ1) is 8.84. The molecule has 3 N–H and O–H groups in total. The standard InChI is InChI=1S/C12H10N6/c13-9-4-2-1-3-8(9)11-16-12(18-17-11)10-7-14-5-6-15-10/h1-7H,13H2,(H,16,17,18). The molecule has 1 aromatic carbocycles. The maximum atomic E-state index is 5.88. The molecule has 0 fully saturated rings. The SMILES string of the molecule is Nc1ccccc1-c1n[nH]c(-c2cnccn2)n1. The smallest absolute Gasteiger partial charge is 0.183 e. The van der Waals surface area contributed by atoms with Crippen molar-refractivity contribution in [1.82, 2.24) is 25.1 Å². The Kier molecular flexibility index (Phi) is 2.45. The summed E-state index contributed by atoms with van der Waals surface area (Å²) in [6, 6.07) is 7.45. The number of nitrogen functional groups attached to an aromatic ring is 1. The van der Waals surface area contributed by atoms with E-state index in [0.29, 0.717) is 23.0 Å². The number of para-hydroxylation sites is 1. The number of nitrogens with zero attached hydrogens (tertiary/aromatic N) is 4. The summed E-state index contributed by atoms with van der Waals surface area (Å²) in [5.41, 5.74) is 7.96. The van der Waals surface area contributed by atoms with E-state index in [0.717, 1.165) is 5.56 Å². The van der Waals surface area contributed by atoms with E-state index in [1.807, 2.05) is 24.3 Å². The van der Waals surface area contributed by atoms with Crippen molar-refractivity contribution in [2.75, 3.05) is 5.73 Å². The van der Waals surface area contributed by atoms with Gasteiger partial charge in [-0.1, -0.05) is 12.1 Å². The van der Waals surface area contributed by atoms with E-state index in [9.17, 15) is 0 Å². The van der Waals surface area contributed by atoms with Gasteiger partial charge in [0.25, 0.3) is 0 Å². The first-order valence-corrected chi connectivity index (χ1v) is 5.38. The lowest BCUT2D eigenvalue weighted by molar-refractivity contribution is 1.08. The Bertz CT molecular complexity index is 661. The quantitative estimate of drug-likeness (QED) is 0.660. The molecule has 0 saturated heterocycles. The summed E-state index contributed by atoms with van der Waals surface area (Å²) in [7, 11) is 0. The van der Waals surface area contributed by atoms with E-state index in [1.165, 1.54) is 0 Å². The number of nitrogens with two attached hydrogens (primary N) is 1. The van der Waals surface area contributed by atoms with Crippen LogP contribution in [0.2, 0.25) is 0 Å². The Hall–Kier alpha value is -2.76. The minimum Gasteiger partial charge on any atom is -0.398 e. The zero-order valence-electron chi connectivity index (χ0n) is 9.41. The predicted molar refractivity (Wildman–Crippen MR) is 67.3 cm³/mol. The zero-order valence-corrected chi connectivity index (χ0v) is 9.41. The molecule has 0 unspecified atom stereocenters. The van der Waals surface area contributed by atoms with Gasteiger partial charge in [0.15, 0.2) is 11.6 Å². The first-order valence-electron chi connectivity index (χ1n) is 5.38. The topological polar surface area (TPSA) is 93.4 Å². The van der Waals surface area contributed by atoms with Gasteiger partial charge >= 0.3 is 0 Å². The molecule has 18 heavy (non-hydrogen) atoms. The lowest BCUT2D eigenvalue weighted by Gasteiger charge is -1.98. The van der Waals surface area contributed by atoms with Crippen LogP contribution in [-0.2, 0) is 0 Å². The number of aromatic nitrogens is 5. The summed E-state index contributed by atoms with van der Waals surface area (Å²) >= 11 is 0. The highest BCUT2D eigenvalue weighted by Gasteiger charge is 2.10. The molecule has 2 heterocycles. The number of rotatable bonds is 2. The van der Waals surface area contributed by atoms with E-state index in [4.69, 9.17) is 5.73 Å². The van der Waals surface area contributed by atoms with Crippen molar-refractivity contribution in [2.45, 2.75) is 0 Å². The molecule has 6 heteroatoms. The van der Waals surface area contributed by atoms with Gasteiger partial charge in [0.05, 0.1) is 6.20 Å². The summed E-state index contributed by atoms with van der Waals surface area (Å²) < 4.78 is 0. The van der Waals surface area contributed by atoms with Gasteiger partial charge in [-0.15, -0.1) is 0 Å². The van der Waals surface area contributed by atoms with Crippen molar-refractivity contribution < 1.29 is 0 Å². The van der Waals surface area contributed by atoms with E-state index < -0.39 is 0 Å². The van der Waals surface area contributed by atoms with Crippen LogP contribution in [0.4, 0.5) is 5.69 Å². The summed E-state index contributed by atoms with van der Waals surface area (Å²) in [4.78, 5) is 12.5. The Morgan fingerprint density at radius 2 is 2.00 bits per heavy atom. The molecule has 3 aromatic rings. The third kappa shape index (κ3) is 1.80. The number of anilines is 1. The molecule has 2 aromatic heterocycles. The normalized spacial score (nSPS) is 10.4. The van der Waals surface area contributed by atoms with Crippen LogP contribution in [0.5, 0.6) is 0 Å². The summed E-state index contributed by atoms with van der Waals surface area (Å²) in [5.74, 6) is 1.12. The molecule has 0 atom stereocenters. The maximum absolute atomic E-state index is 5.88. The molecule has 3 rings (SSSR count). The number of H-pyrrole nitrogens is 1. The van der Waals surface area contributed by atoms with Crippen molar-refractivity contribution in [3.05, 3.63) is 42.9 Å². The van der Waals surface area contributed by atoms with Crippen molar-refractivity contribution >= 4 is 5.69 Å². The Morgan fingerprint density at radius 3 is 2.78 bits per heavy atom. The molecule has 6 nitrogen and oxygen atoms in total. The van der Waals surface area contributed by atoms with Crippen LogP contribution in [0, 0.1) is 0 Å². The molecule has 0 amide bonds. The van der Waals surface area contributed by atoms with Gasteiger partial charge < -0.3 is 5.73 Å². The maximum Gasteiger partial charge on any atom is 0.183 e. The molecule has 0 saturated carbocycles. The molecule has 0 aliphatic carbocycles.